The van der Waals surface area contributed by atoms with E-state index in [4.69, 9.17) is 14.6 Å². The van der Waals surface area contributed by atoms with Gasteiger partial charge in [0.1, 0.15) is 19.0 Å². The van der Waals surface area contributed by atoms with Crippen molar-refractivity contribution < 1.29 is 14.6 Å². The maximum atomic E-state index is 8.67. The van der Waals surface area contributed by atoms with E-state index in [2.05, 4.69) is 11.8 Å². The molecule has 1 N–H and O–H groups in total. The van der Waals surface area contributed by atoms with Gasteiger partial charge >= 0.3 is 0 Å². The average Bonchev–Trinajstić information content (AvgIpc) is 2.98. The fourth-order valence-electron chi connectivity index (χ4n) is 2.45. The van der Waals surface area contributed by atoms with Crippen LogP contribution in [0.5, 0.6) is 5.75 Å². The third-order valence-electron chi connectivity index (χ3n) is 3.47. The number of rotatable bonds is 6. The van der Waals surface area contributed by atoms with E-state index in [0.29, 0.717) is 13.2 Å². The van der Waals surface area contributed by atoms with Crippen molar-refractivity contribution >= 4 is 0 Å². The summed E-state index contributed by atoms with van der Waals surface area (Å²) in [7, 11) is 0. The second-order valence-electron chi connectivity index (χ2n) is 5.06. The maximum Gasteiger partial charge on any atom is 0.120 e. The first-order valence-electron chi connectivity index (χ1n) is 7.29. The van der Waals surface area contributed by atoms with Crippen LogP contribution < -0.4 is 4.74 Å². The first-order valence-corrected chi connectivity index (χ1v) is 7.29. The summed E-state index contributed by atoms with van der Waals surface area (Å²) in [5.41, 5.74) is 0.850. The second kappa shape index (κ2) is 8.63. The molecule has 1 aromatic carbocycles. The van der Waals surface area contributed by atoms with E-state index in [0.717, 1.165) is 23.8 Å². The van der Waals surface area contributed by atoms with Gasteiger partial charge in [0.25, 0.3) is 0 Å². The summed E-state index contributed by atoms with van der Waals surface area (Å²) in [6, 6.07) is 7.57. The van der Waals surface area contributed by atoms with E-state index in [1.807, 2.05) is 24.3 Å². The van der Waals surface area contributed by atoms with E-state index in [9.17, 15) is 0 Å². The molecule has 20 heavy (non-hydrogen) atoms. The fraction of sp³-hybridized carbons (Fsp3) is 0.529. The predicted octanol–water partition coefficient (Wildman–Crippen LogP) is 2.62. The van der Waals surface area contributed by atoms with Crippen molar-refractivity contribution in [2.75, 3.05) is 26.4 Å². The van der Waals surface area contributed by atoms with Gasteiger partial charge in [-0.1, -0.05) is 30.7 Å². The highest BCUT2D eigenvalue weighted by Crippen LogP contribution is 2.24. The van der Waals surface area contributed by atoms with Gasteiger partial charge in [0.05, 0.1) is 6.61 Å². The Labute approximate surface area is 120 Å². The first-order chi connectivity index (χ1) is 9.88. The molecule has 0 bridgehead atoms. The van der Waals surface area contributed by atoms with Gasteiger partial charge < -0.3 is 14.6 Å². The Bertz CT molecular complexity index is 453. The van der Waals surface area contributed by atoms with Gasteiger partial charge in [0.2, 0.25) is 0 Å². The Morgan fingerprint density at radius 3 is 2.85 bits per heavy atom. The van der Waals surface area contributed by atoms with Crippen molar-refractivity contribution in [1.82, 2.24) is 0 Å². The highest BCUT2D eigenvalue weighted by Gasteiger charge is 2.14. The minimum atomic E-state index is -0.125. The molecule has 0 aromatic heterocycles. The van der Waals surface area contributed by atoms with Crippen molar-refractivity contribution in [3.8, 4) is 17.6 Å². The van der Waals surface area contributed by atoms with Gasteiger partial charge in [-0.25, -0.2) is 0 Å². The quantitative estimate of drug-likeness (QED) is 0.640. The topological polar surface area (TPSA) is 38.7 Å². The normalized spacial score (nSPS) is 14.8. The highest BCUT2D eigenvalue weighted by atomic mass is 16.5. The van der Waals surface area contributed by atoms with Crippen LogP contribution in [0.4, 0.5) is 0 Å². The molecule has 0 spiro atoms. The van der Waals surface area contributed by atoms with Crippen LogP contribution in [0.15, 0.2) is 24.3 Å². The second-order valence-corrected chi connectivity index (χ2v) is 5.06. The Morgan fingerprint density at radius 1 is 1.20 bits per heavy atom. The Morgan fingerprint density at radius 2 is 2.05 bits per heavy atom. The zero-order chi connectivity index (χ0) is 14.0. The molecule has 0 saturated heterocycles. The molecule has 0 amide bonds. The number of benzene rings is 1. The number of aliphatic hydroxyl groups is 1. The standard InChI is InChI=1S/C17H22O3/c18-10-4-8-15-7-3-9-17(13-15)20-12-11-19-14-16-5-1-2-6-16/h3,7,9,13,16,18H,1-2,5-6,10-12,14H2. The van der Waals surface area contributed by atoms with Crippen LogP contribution >= 0.6 is 0 Å². The molecular formula is C17H22O3. The minimum Gasteiger partial charge on any atom is -0.491 e. The molecule has 1 fully saturated rings. The summed E-state index contributed by atoms with van der Waals surface area (Å²) < 4.78 is 11.3. The van der Waals surface area contributed by atoms with Crippen molar-refractivity contribution in [2.45, 2.75) is 25.7 Å². The zero-order valence-corrected chi connectivity index (χ0v) is 11.8. The van der Waals surface area contributed by atoms with Gasteiger partial charge in [-0.05, 0) is 37.0 Å². The fourth-order valence-corrected chi connectivity index (χ4v) is 2.45. The van der Waals surface area contributed by atoms with Crippen molar-refractivity contribution in [3.63, 3.8) is 0 Å². The first kappa shape index (κ1) is 14.9. The average molecular weight is 274 g/mol. The van der Waals surface area contributed by atoms with Crippen LogP contribution in [0.25, 0.3) is 0 Å². The van der Waals surface area contributed by atoms with E-state index in [-0.39, 0.29) is 6.61 Å². The van der Waals surface area contributed by atoms with Gasteiger partial charge in [0.15, 0.2) is 0 Å². The third kappa shape index (κ3) is 5.24. The molecule has 1 aromatic rings. The van der Waals surface area contributed by atoms with Crippen LogP contribution in [-0.4, -0.2) is 31.5 Å². The van der Waals surface area contributed by atoms with Gasteiger partial charge in [-0.3, -0.25) is 0 Å². The van der Waals surface area contributed by atoms with Crippen molar-refractivity contribution in [1.29, 1.82) is 0 Å². The molecule has 1 saturated carbocycles. The molecule has 0 unspecified atom stereocenters. The van der Waals surface area contributed by atoms with Gasteiger partial charge in [0, 0.05) is 12.2 Å². The van der Waals surface area contributed by atoms with Gasteiger partial charge in [-0.2, -0.15) is 0 Å². The van der Waals surface area contributed by atoms with Crippen LogP contribution in [0.2, 0.25) is 0 Å². The lowest BCUT2D eigenvalue weighted by molar-refractivity contribution is 0.0754. The predicted molar refractivity (Wildman–Crippen MR) is 78.7 cm³/mol. The Balaban J connectivity index is 1.65. The molecule has 1 aliphatic carbocycles. The summed E-state index contributed by atoms with van der Waals surface area (Å²) in [6.07, 6.45) is 5.33. The largest absolute Gasteiger partial charge is 0.491 e. The van der Waals surface area contributed by atoms with Crippen LogP contribution in [0.1, 0.15) is 31.2 Å². The van der Waals surface area contributed by atoms with E-state index in [1.165, 1.54) is 25.7 Å². The molecule has 0 radical (unpaired) electrons. The molecule has 108 valence electrons. The molecule has 0 heterocycles. The van der Waals surface area contributed by atoms with E-state index >= 15 is 0 Å². The third-order valence-corrected chi connectivity index (χ3v) is 3.47. The molecular weight excluding hydrogens is 252 g/mol. The van der Waals surface area contributed by atoms with Crippen LogP contribution in [0, 0.1) is 17.8 Å². The maximum absolute atomic E-state index is 8.67. The van der Waals surface area contributed by atoms with E-state index in [1.54, 1.807) is 0 Å². The molecule has 2 rings (SSSR count). The molecule has 0 aliphatic heterocycles. The lowest BCUT2D eigenvalue weighted by atomic mass is 10.1. The number of hydrogen-bond acceptors (Lipinski definition) is 3. The van der Waals surface area contributed by atoms with Crippen molar-refractivity contribution in [2.24, 2.45) is 5.92 Å². The van der Waals surface area contributed by atoms with Crippen molar-refractivity contribution in [3.05, 3.63) is 29.8 Å². The lowest BCUT2D eigenvalue weighted by Crippen LogP contribution is -2.11. The molecule has 1 aliphatic rings. The number of aliphatic hydroxyl groups excluding tert-OH is 1. The van der Waals surface area contributed by atoms with E-state index < -0.39 is 0 Å². The Kier molecular flexibility index (Phi) is 6.43. The highest BCUT2D eigenvalue weighted by molar-refractivity contribution is 5.39. The summed E-state index contributed by atoms with van der Waals surface area (Å²) in [5.74, 6) is 7.03. The monoisotopic (exact) mass is 274 g/mol. The summed E-state index contributed by atoms with van der Waals surface area (Å²) in [5, 5.41) is 8.67. The summed E-state index contributed by atoms with van der Waals surface area (Å²) in [4.78, 5) is 0. The van der Waals surface area contributed by atoms with Crippen LogP contribution in [-0.2, 0) is 4.74 Å². The molecule has 3 nitrogen and oxygen atoms in total. The van der Waals surface area contributed by atoms with Crippen LogP contribution in [0.3, 0.4) is 0 Å². The molecule has 3 heteroatoms. The van der Waals surface area contributed by atoms with Gasteiger partial charge in [-0.15, -0.1) is 0 Å². The smallest absolute Gasteiger partial charge is 0.120 e. The summed E-state index contributed by atoms with van der Waals surface area (Å²) >= 11 is 0. The summed E-state index contributed by atoms with van der Waals surface area (Å²) in [6.45, 7) is 1.93. The zero-order valence-electron chi connectivity index (χ0n) is 11.8. The lowest BCUT2D eigenvalue weighted by Gasteiger charge is -2.10. The minimum absolute atomic E-state index is 0.125. The SMILES string of the molecule is OCC#Cc1cccc(OCCOCC2CCCC2)c1. The molecule has 0 atom stereocenters. The Hall–Kier alpha value is -1.50. The number of ether oxygens (including phenoxy) is 2. The number of hydrogen-bond donors (Lipinski definition) is 1.